The zero-order valence-electron chi connectivity index (χ0n) is 16.9. The second-order valence-corrected chi connectivity index (χ2v) is 7.88. The van der Waals surface area contributed by atoms with Gasteiger partial charge in [0, 0.05) is 35.2 Å². The van der Waals surface area contributed by atoms with Gasteiger partial charge >= 0.3 is 0 Å². The lowest BCUT2D eigenvalue weighted by Crippen LogP contribution is -2.39. The molecule has 0 aliphatic carbocycles. The van der Waals surface area contributed by atoms with Crippen molar-refractivity contribution in [2.45, 2.75) is 18.9 Å². The van der Waals surface area contributed by atoms with E-state index in [0.717, 1.165) is 64.8 Å². The number of aromatic nitrogens is 2. The summed E-state index contributed by atoms with van der Waals surface area (Å²) in [6, 6.07) is 12.7. The maximum Gasteiger partial charge on any atom is 0.171 e. The summed E-state index contributed by atoms with van der Waals surface area (Å²) < 4.78 is 25.8. The fraction of sp³-hybridized carbons (Fsp3) is 0.292. The van der Waals surface area contributed by atoms with Crippen LogP contribution in [0.3, 0.4) is 0 Å². The monoisotopic (exact) mass is 405 g/mol. The Morgan fingerprint density at radius 3 is 3.07 bits per heavy atom. The third-order valence-corrected chi connectivity index (χ3v) is 5.64. The Kier molecular flexibility index (Phi) is 5.01. The number of hydrogen-bond donors (Lipinski definition) is 1. The van der Waals surface area contributed by atoms with Gasteiger partial charge in [-0.25, -0.2) is 4.39 Å². The first-order valence-electron chi connectivity index (χ1n) is 10.3. The maximum absolute atomic E-state index is 13.6. The van der Waals surface area contributed by atoms with Crippen LogP contribution in [0.1, 0.15) is 12.0 Å². The van der Waals surface area contributed by atoms with Gasteiger partial charge in [-0.05, 0) is 74.5 Å². The minimum absolute atomic E-state index is 0.0320. The highest BCUT2D eigenvalue weighted by Gasteiger charge is 2.24. The molecule has 5 rings (SSSR count). The normalized spacial score (nSPS) is 15.9. The Hall–Kier alpha value is -3.12. The largest absolute Gasteiger partial charge is 0.486 e. The van der Waals surface area contributed by atoms with Gasteiger partial charge in [0.1, 0.15) is 18.5 Å². The molecule has 3 heterocycles. The quantitative estimate of drug-likeness (QED) is 0.511. The van der Waals surface area contributed by atoms with Crippen molar-refractivity contribution >= 4 is 21.8 Å². The molecular weight excluding hydrogens is 381 g/mol. The van der Waals surface area contributed by atoms with Crippen LogP contribution in [0, 0.1) is 5.82 Å². The summed E-state index contributed by atoms with van der Waals surface area (Å²) in [6.45, 7) is 2.23. The standard InChI is InChI=1S/C24H24FN3O2/c1-28(11-3-4-16-13-27-22-7-6-17(25)12-20(16)22)14-18-15-29-23-9-8-21-19(24(23)30-18)5-2-10-26-21/h2,5-10,12-13,18,27H,3-4,11,14-15H2,1H3. The van der Waals surface area contributed by atoms with Crippen molar-refractivity contribution in [3.8, 4) is 11.5 Å². The molecule has 0 saturated carbocycles. The van der Waals surface area contributed by atoms with Crippen molar-refractivity contribution < 1.29 is 13.9 Å². The zero-order valence-corrected chi connectivity index (χ0v) is 16.9. The zero-order chi connectivity index (χ0) is 20.5. The average Bonchev–Trinajstić information content (AvgIpc) is 3.15. The average molecular weight is 405 g/mol. The van der Waals surface area contributed by atoms with Crippen LogP contribution in [0.4, 0.5) is 4.39 Å². The second-order valence-electron chi connectivity index (χ2n) is 7.88. The lowest BCUT2D eigenvalue weighted by molar-refractivity contribution is 0.0670. The summed E-state index contributed by atoms with van der Waals surface area (Å²) in [5.74, 6) is 1.37. The molecule has 0 amide bonds. The first-order chi connectivity index (χ1) is 14.7. The van der Waals surface area contributed by atoms with Crippen molar-refractivity contribution in [2.75, 3.05) is 26.7 Å². The van der Waals surface area contributed by atoms with E-state index in [1.165, 1.54) is 6.07 Å². The van der Waals surface area contributed by atoms with Gasteiger partial charge in [0.15, 0.2) is 11.5 Å². The Bertz CT molecular complexity index is 1190. The number of ether oxygens (including phenoxy) is 2. The number of aryl methyl sites for hydroxylation is 1. The number of nitrogens with one attached hydrogen (secondary N) is 1. The van der Waals surface area contributed by atoms with Crippen LogP contribution in [-0.4, -0.2) is 47.7 Å². The van der Waals surface area contributed by atoms with Crippen molar-refractivity contribution in [3.05, 3.63) is 66.2 Å². The van der Waals surface area contributed by atoms with E-state index >= 15 is 0 Å². The Balaban J connectivity index is 1.19. The number of pyridine rings is 1. The lowest BCUT2D eigenvalue weighted by atomic mass is 10.1. The summed E-state index contributed by atoms with van der Waals surface area (Å²) in [6.07, 6.45) is 5.62. The molecule has 2 aromatic heterocycles. The molecule has 1 aliphatic heterocycles. The molecule has 4 aromatic rings. The van der Waals surface area contributed by atoms with Gasteiger partial charge in [-0.3, -0.25) is 4.98 Å². The molecule has 2 aromatic carbocycles. The fourth-order valence-corrected chi connectivity index (χ4v) is 4.15. The number of hydrogen-bond acceptors (Lipinski definition) is 4. The Morgan fingerprint density at radius 1 is 1.20 bits per heavy atom. The molecule has 5 nitrogen and oxygen atoms in total. The third kappa shape index (κ3) is 3.71. The lowest BCUT2D eigenvalue weighted by Gasteiger charge is -2.30. The smallest absolute Gasteiger partial charge is 0.171 e. The van der Waals surface area contributed by atoms with Crippen molar-refractivity contribution in [1.82, 2.24) is 14.9 Å². The van der Waals surface area contributed by atoms with E-state index in [1.807, 2.05) is 30.5 Å². The maximum atomic E-state index is 13.6. The molecule has 0 bridgehead atoms. The molecule has 0 spiro atoms. The molecular formula is C24H24FN3O2. The van der Waals surface area contributed by atoms with Gasteiger partial charge in [-0.2, -0.15) is 0 Å². The molecule has 0 radical (unpaired) electrons. The van der Waals surface area contributed by atoms with Crippen LogP contribution in [0.5, 0.6) is 11.5 Å². The molecule has 30 heavy (non-hydrogen) atoms. The summed E-state index contributed by atoms with van der Waals surface area (Å²) in [5.41, 5.74) is 3.04. The van der Waals surface area contributed by atoms with E-state index < -0.39 is 0 Å². The second kappa shape index (κ2) is 7.95. The molecule has 1 aliphatic rings. The van der Waals surface area contributed by atoms with Crippen molar-refractivity contribution in [3.63, 3.8) is 0 Å². The van der Waals surface area contributed by atoms with Gasteiger partial charge in [-0.15, -0.1) is 0 Å². The van der Waals surface area contributed by atoms with Crippen LogP contribution >= 0.6 is 0 Å². The highest BCUT2D eigenvalue weighted by molar-refractivity contribution is 5.88. The predicted octanol–water partition coefficient (Wildman–Crippen LogP) is 4.56. The number of nitrogens with zero attached hydrogens (tertiary/aromatic N) is 2. The van der Waals surface area contributed by atoms with E-state index in [-0.39, 0.29) is 11.9 Å². The van der Waals surface area contributed by atoms with E-state index in [2.05, 4.69) is 21.9 Å². The number of rotatable bonds is 6. The highest BCUT2D eigenvalue weighted by Crippen LogP contribution is 2.38. The van der Waals surface area contributed by atoms with Crippen LogP contribution < -0.4 is 9.47 Å². The SMILES string of the molecule is CN(CCCc1c[nH]c2ccc(F)cc12)CC1COc2ccc3ncccc3c2O1. The first kappa shape index (κ1) is 18.9. The van der Waals surface area contributed by atoms with E-state index in [1.54, 1.807) is 18.3 Å². The van der Waals surface area contributed by atoms with Crippen LogP contribution in [0.15, 0.2) is 54.9 Å². The number of aromatic amines is 1. The molecule has 6 heteroatoms. The number of H-pyrrole nitrogens is 1. The van der Waals surface area contributed by atoms with Crippen molar-refractivity contribution in [2.24, 2.45) is 0 Å². The molecule has 1 unspecified atom stereocenters. The summed E-state index contributed by atoms with van der Waals surface area (Å²) in [7, 11) is 2.10. The Morgan fingerprint density at radius 2 is 2.13 bits per heavy atom. The number of benzene rings is 2. The van der Waals surface area contributed by atoms with Gasteiger partial charge in [-0.1, -0.05) is 0 Å². The van der Waals surface area contributed by atoms with E-state index in [0.29, 0.717) is 6.61 Å². The minimum Gasteiger partial charge on any atom is -0.486 e. The number of fused-ring (bicyclic) bond motifs is 4. The van der Waals surface area contributed by atoms with Gasteiger partial charge in [0.2, 0.25) is 0 Å². The molecule has 1 atom stereocenters. The highest BCUT2D eigenvalue weighted by atomic mass is 19.1. The molecule has 1 N–H and O–H groups in total. The van der Waals surface area contributed by atoms with Gasteiger partial charge in [0.25, 0.3) is 0 Å². The molecule has 0 fully saturated rings. The third-order valence-electron chi connectivity index (χ3n) is 5.64. The van der Waals surface area contributed by atoms with Crippen LogP contribution in [0.2, 0.25) is 0 Å². The fourth-order valence-electron chi connectivity index (χ4n) is 4.15. The van der Waals surface area contributed by atoms with Gasteiger partial charge in [0.05, 0.1) is 5.52 Å². The summed E-state index contributed by atoms with van der Waals surface area (Å²) >= 11 is 0. The number of likely N-dealkylation sites (N-methyl/N-ethyl adjacent to an activating group) is 1. The number of halogens is 1. The minimum atomic E-state index is -0.196. The van der Waals surface area contributed by atoms with Crippen LogP contribution in [0.25, 0.3) is 21.8 Å². The van der Waals surface area contributed by atoms with Gasteiger partial charge < -0.3 is 19.4 Å². The Labute approximate surface area is 174 Å². The first-order valence-corrected chi connectivity index (χ1v) is 10.3. The molecule has 154 valence electrons. The van der Waals surface area contributed by atoms with E-state index in [9.17, 15) is 4.39 Å². The topological polar surface area (TPSA) is 50.4 Å². The van der Waals surface area contributed by atoms with Crippen LogP contribution in [-0.2, 0) is 6.42 Å². The summed E-state index contributed by atoms with van der Waals surface area (Å²) in [5, 5.41) is 1.95. The van der Waals surface area contributed by atoms with Crippen molar-refractivity contribution in [1.29, 1.82) is 0 Å². The molecule has 0 saturated heterocycles. The predicted molar refractivity (Wildman–Crippen MR) is 116 cm³/mol. The van der Waals surface area contributed by atoms with E-state index in [4.69, 9.17) is 9.47 Å². The summed E-state index contributed by atoms with van der Waals surface area (Å²) in [4.78, 5) is 9.88.